The second kappa shape index (κ2) is 8.01. The van der Waals surface area contributed by atoms with Gasteiger partial charge in [-0.1, -0.05) is 36.4 Å². The number of likely N-dealkylation sites (N-methyl/N-ethyl adjacent to an activating group) is 1. The summed E-state index contributed by atoms with van der Waals surface area (Å²) in [6.07, 6.45) is 1.76. The van der Waals surface area contributed by atoms with Crippen molar-refractivity contribution in [3.05, 3.63) is 65.4 Å². The van der Waals surface area contributed by atoms with E-state index < -0.39 is 0 Å². The average Bonchev–Trinajstić information content (AvgIpc) is 2.94. The van der Waals surface area contributed by atoms with Crippen molar-refractivity contribution < 1.29 is 14.3 Å². The van der Waals surface area contributed by atoms with Gasteiger partial charge >= 0.3 is 0 Å². The number of carbonyl (C=O) groups excluding carboxylic acids is 1. The van der Waals surface area contributed by atoms with Gasteiger partial charge in [0.25, 0.3) is 5.91 Å². The van der Waals surface area contributed by atoms with Gasteiger partial charge < -0.3 is 14.8 Å². The average molecular weight is 368 g/mol. The molecule has 26 heavy (non-hydrogen) atoms. The number of hydrogen-bond donors (Lipinski definition) is 1. The number of ether oxygens (including phenoxy) is 2. The molecule has 1 amide bonds. The fraction of sp³-hybridized carbons (Fsp3) is 0.200. The molecular formula is C20H20N2O3S. The lowest BCUT2D eigenvalue weighted by Gasteiger charge is -2.11. The van der Waals surface area contributed by atoms with Crippen LogP contribution in [0.25, 0.3) is 6.08 Å². The van der Waals surface area contributed by atoms with E-state index in [1.807, 2.05) is 55.5 Å². The van der Waals surface area contributed by atoms with Gasteiger partial charge in [-0.3, -0.25) is 9.69 Å². The van der Waals surface area contributed by atoms with Crippen LogP contribution in [0.3, 0.4) is 0 Å². The molecule has 5 nitrogen and oxygen atoms in total. The van der Waals surface area contributed by atoms with Crippen LogP contribution < -0.4 is 14.8 Å². The van der Waals surface area contributed by atoms with Crippen LogP contribution >= 0.6 is 12.2 Å². The summed E-state index contributed by atoms with van der Waals surface area (Å²) in [7, 11) is 1.59. The number of benzene rings is 2. The summed E-state index contributed by atoms with van der Waals surface area (Å²) >= 11 is 5.17. The summed E-state index contributed by atoms with van der Waals surface area (Å²) in [5, 5.41) is 3.38. The minimum absolute atomic E-state index is 0.124. The highest BCUT2D eigenvalue weighted by Crippen LogP contribution is 2.30. The Morgan fingerprint density at radius 3 is 2.58 bits per heavy atom. The Morgan fingerprint density at radius 2 is 1.92 bits per heavy atom. The van der Waals surface area contributed by atoms with Crippen LogP contribution in [0.15, 0.2) is 54.2 Å². The van der Waals surface area contributed by atoms with Gasteiger partial charge in [-0.25, -0.2) is 0 Å². The SMILES string of the molecule is CCN1C(=O)C(=Cc2ccc(OCc3ccccc3)c(OC)c2)NC1=S. The zero-order valence-electron chi connectivity index (χ0n) is 14.7. The molecule has 1 fully saturated rings. The first-order chi connectivity index (χ1) is 12.6. The van der Waals surface area contributed by atoms with Crippen molar-refractivity contribution in [3.8, 4) is 11.5 Å². The summed E-state index contributed by atoms with van der Waals surface area (Å²) in [6, 6.07) is 15.5. The summed E-state index contributed by atoms with van der Waals surface area (Å²) in [4.78, 5) is 13.8. The predicted octanol–water partition coefficient (Wildman–Crippen LogP) is 3.35. The molecule has 0 atom stereocenters. The van der Waals surface area contributed by atoms with Gasteiger partial charge in [-0.05, 0) is 48.5 Å². The van der Waals surface area contributed by atoms with Gasteiger partial charge in [0.15, 0.2) is 16.6 Å². The second-order valence-corrected chi connectivity index (χ2v) is 6.11. The molecule has 1 saturated heterocycles. The number of methoxy groups -OCH3 is 1. The number of nitrogens with one attached hydrogen (secondary N) is 1. The number of carbonyl (C=O) groups is 1. The third-order valence-corrected chi connectivity index (χ3v) is 4.34. The number of hydrogen-bond acceptors (Lipinski definition) is 4. The third-order valence-electron chi connectivity index (χ3n) is 4.01. The molecule has 0 aromatic heterocycles. The van der Waals surface area contributed by atoms with Crippen molar-refractivity contribution in [2.75, 3.05) is 13.7 Å². The fourth-order valence-corrected chi connectivity index (χ4v) is 2.98. The topological polar surface area (TPSA) is 50.8 Å². The van der Waals surface area contributed by atoms with Crippen LogP contribution in [0, 0.1) is 0 Å². The van der Waals surface area contributed by atoms with Gasteiger partial charge in [0.05, 0.1) is 7.11 Å². The smallest absolute Gasteiger partial charge is 0.276 e. The highest BCUT2D eigenvalue weighted by molar-refractivity contribution is 7.80. The van der Waals surface area contributed by atoms with E-state index in [0.29, 0.717) is 35.5 Å². The van der Waals surface area contributed by atoms with Crippen LogP contribution in [0.2, 0.25) is 0 Å². The maximum absolute atomic E-state index is 12.3. The van der Waals surface area contributed by atoms with E-state index in [-0.39, 0.29) is 5.91 Å². The second-order valence-electron chi connectivity index (χ2n) is 5.72. The summed E-state index contributed by atoms with van der Waals surface area (Å²) < 4.78 is 11.3. The Hall–Kier alpha value is -2.86. The molecule has 0 aliphatic carbocycles. The Bertz CT molecular complexity index is 849. The zero-order valence-corrected chi connectivity index (χ0v) is 15.5. The van der Waals surface area contributed by atoms with E-state index in [1.54, 1.807) is 13.2 Å². The number of amides is 1. The molecule has 0 radical (unpaired) electrons. The van der Waals surface area contributed by atoms with Crippen LogP contribution in [-0.4, -0.2) is 29.6 Å². The van der Waals surface area contributed by atoms with E-state index in [0.717, 1.165) is 11.1 Å². The van der Waals surface area contributed by atoms with E-state index in [1.165, 1.54) is 4.90 Å². The van der Waals surface area contributed by atoms with Gasteiger partial charge in [0.2, 0.25) is 0 Å². The van der Waals surface area contributed by atoms with Crippen molar-refractivity contribution in [1.82, 2.24) is 10.2 Å². The Labute approximate surface area is 158 Å². The molecule has 134 valence electrons. The molecule has 2 aromatic carbocycles. The quantitative estimate of drug-likeness (QED) is 0.626. The van der Waals surface area contributed by atoms with Crippen LogP contribution in [0.4, 0.5) is 0 Å². The van der Waals surface area contributed by atoms with Gasteiger partial charge in [-0.2, -0.15) is 0 Å². The third kappa shape index (κ3) is 3.86. The number of nitrogens with zero attached hydrogens (tertiary/aromatic N) is 1. The van der Waals surface area contributed by atoms with Crippen molar-refractivity contribution in [2.24, 2.45) is 0 Å². The van der Waals surface area contributed by atoms with Gasteiger partial charge in [0, 0.05) is 6.54 Å². The molecule has 1 aliphatic heterocycles. The minimum atomic E-state index is -0.124. The maximum atomic E-state index is 12.3. The molecule has 0 bridgehead atoms. The number of rotatable bonds is 6. The summed E-state index contributed by atoms with van der Waals surface area (Å²) in [5.41, 5.74) is 2.36. The van der Waals surface area contributed by atoms with Crippen LogP contribution in [-0.2, 0) is 11.4 Å². The molecule has 6 heteroatoms. The van der Waals surface area contributed by atoms with Gasteiger partial charge in [0.1, 0.15) is 12.3 Å². The van der Waals surface area contributed by atoms with Crippen LogP contribution in [0.1, 0.15) is 18.1 Å². The normalized spacial score (nSPS) is 15.3. The highest BCUT2D eigenvalue weighted by atomic mass is 32.1. The largest absolute Gasteiger partial charge is 0.493 e. The Kier molecular flexibility index (Phi) is 5.53. The first-order valence-corrected chi connectivity index (χ1v) is 8.72. The van der Waals surface area contributed by atoms with Crippen molar-refractivity contribution in [3.63, 3.8) is 0 Å². The van der Waals surface area contributed by atoms with E-state index in [2.05, 4.69) is 5.32 Å². The van der Waals surface area contributed by atoms with E-state index >= 15 is 0 Å². The molecular weight excluding hydrogens is 348 g/mol. The van der Waals surface area contributed by atoms with Crippen molar-refractivity contribution in [2.45, 2.75) is 13.5 Å². The van der Waals surface area contributed by atoms with Crippen LogP contribution in [0.5, 0.6) is 11.5 Å². The molecule has 0 unspecified atom stereocenters. The molecule has 2 aromatic rings. The van der Waals surface area contributed by atoms with E-state index in [9.17, 15) is 4.79 Å². The first-order valence-electron chi connectivity index (χ1n) is 8.31. The Morgan fingerprint density at radius 1 is 1.15 bits per heavy atom. The zero-order chi connectivity index (χ0) is 18.5. The lowest BCUT2D eigenvalue weighted by atomic mass is 10.1. The van der Waals surface area contributed by atoms with Crippen molar-refractivity contribution >= 4 is 29.3 Å². The lowest BCUT2D eigenvalue weighted by Crippen LogP contribution is -2.30. The van der Waals surface area contributed by atoms with E-state index in [4.69, 9.17) is 21.7 Å². The summed E-state index contributed by atoms with van der Waals surface area (Å²) in [5.74, 6) is 1.13. The molecule has 1 N–H and O–H groups in total. The molecule has 3 rings (SSSR count). The molecule has 0 spiro atoms. The lowest BCUT2D eigenvalue weighted by molar-refractivity contribution is -0.122. The maximum Gasteiger partial charge on any atom is 0.276 e. The standard InChI is InChI=1S/C20H20N2O3S/c1-3-22-19(23)16(21-20(22)26)11-15-9-10-17(18(12-15)24-2)25-13-14-7-5-4-6-8-14/h4-12H,3,13H2,1-2H3,(H,21,26). The van der Waals surface area contributed by atoms with Crippen molar-refractivity contribution in [1.29, 1.82) is 0 Å². The monoisotopic (exact) mass is 368 g/mol. The number of thiocarbonyl (C=S) groups is 1. The molecule has 0 saturated carbocycles. The molecule has 1 heterocycles. The fourth-order valence-electron chi connectivity index (χ4n) is 2.65. The molecule has 1 aliphatic rings. The predicted molar refractivity (Wildman–Crippen MR) is 105 cm³/mol. The first kappa shape index (κ1) is 17.9. The minimum Gasteiger partial charge on any atom is -0.493 e. The summed E-state index contributed by atoms with van der Waals surface area (Å²) in [6.45, 7) is 2.88. The Balaban J connectivity index is 1.77. The highest BCUT2D eigenvalue weighted by Gasteiger charge is 2.29. The van der Waals surface area contributed by atoms with Gasteiger partial charge in [-0.15, -0.1) is 0 Å².